The van der Waals surface area contributed by atoms with E-state index in [2.05, 4.69) is 22.5 Å². The highest BCUT2D eigenvalue weighted by Crippen LogP contribution is 2.24. The summed E-state index contributed by atoms with van der Waals surface area (Å²) >= 11 is 0. The summed E-state index contributed by atoms with van der Waals surface area (Å²) in [5.41, 5.74) is -1.66. The number of aryl methyl sites for hydroxylation is 1. The highest BCUT2D eigenvalue weighted by molar-refractivity contribution is 5.98. The van der Waals surface area contributed by atoms with E-state index in [4.69, 9.17) is 14.5 Å². The largest absolute Gasteiger partial charge is 0.483 e. The molecule has 2 amide bonds. The Balaban J connectivity index is 1.71. The van der Waals surface area contributed by atoms with E-state index in [-0.39, 0.29) is 47.6 Å². The second-order valence-corrected chi connectivity index (χ2v) is 11.6. The van der Waals surface area contributed by atoms with Crippen molar-refractivity contribution in [2.75, 3.05) is 31.6 Å². The van der Waals surface area contributed by atoms with E-state index in [1.54, 1.807) is 44.4 Å². The number of nitrogens with zero attached hydrogens (tertiary/aromatic N) is 5. The lowest BCUT2D eigenvalue weighted by Crippen LogP contribution is -2.49. The lowest BCUT2D eigenvalue weighted by molar-refractivity contribution is -0.122. The van der Waals surface area contributed by atoms with Crippen LogP contribution in [0, 0.1) is 11.8 Å². The minimum Gasteiger partial charge on any atom is -0.483 e. The van der Waals surface area contributed by atoms with Crippen LogP contribution < -0.4 is 31.5 Å². The second-order valence-electron chi connectivity index (χ2n) is 11.6. The molecule has 2 aromatic heterocycles. The SMILES string of the molecule is CC#CCn1c(N2CCC[C@@H](NC(=O)OC(C)(C)C)C2)nc2c1c(=O)n(CC(=O)c1ccccc1OCC(=O)NC)c(=O)n2C. The van der Waals surface area contributed by atoms with E-state index < -0.39 is 35.3 Å². The molecule has 0 radical (unpaired) electrons. The highest BCUT2D eigenvalue weighted by Gasteiger charge is 2.29. The fraction of sp³-hybridized carbons (Fsp3) is 0.484. The van der Waals surface area contributed by atoms with Gasteiger partial charge in [-0.25, -0.2) is 9.59 Å². The Kier molecular flexibility index (Phi) is 10.0. The zero-order valence-corrected chi connectivity index (χ0v) is 26.4. The predicted molar refractivity (Wildman–Crippen MR) is 168 cm³/mol. The summed E-state index contributed by atoms with van der Waals surface area (Å²) < 4.78 is 14.7. The second kappa shape index (κ2) is 13.7. The molecule has 14 heteroatoms. The van der Waals surface area contributed by atoms with E-state index in [0.29, 0.717) is 19.0 Å². The van der Waals surface area contributed by atoms with Gasteiger partial charge in [0.25, 0.3) is 11.5 Å². The Hall–Kier alpha value is -5.06. The molecule has 4 rings (SSSR count). The monoisotopic (exact) mass is 621 g/mol. The van der Waals surface area contributed by atoms with Crippen LogP contribution in [0.25, 0.3) is 11.2 Å². The Labute approximate surface area is 260 Å². The molecule has 0 bridgehead atoms. The number of alkyl carbamates (subject to hydrolysis) is 1. The van der Waals surface area contributed by atoms with Crippen molar-refractivity contribution in [3.63, 3.8) is 0 Å². The number of rotatable bonds is 9. The van der Waals surface area contributed by atoms with Gasteiger partial charge >= 0.3 is 11.8 Å². The maximum atomic E-state index is 13.9. The van der Waals surface area contributed by atoms with Gasteiger partial charge in [-0.1, -0.05) is 18.1 Å². The van der Waals surface area contributed by atoms with Crippen LogP contribution in [-0.2, 0) is 29.7 Å². The zero-order chi connectivity index (χ0) is 32.9. The average Bonchev–Trinajstić information content (AvgIpc) is 3.38. The van der Waals surface area contributed by atoms with Crippen molar-refractivity contribution in [2.45, 2.75) is 65.3 Å². The van der Waals surface area contributed by atoms with Crippen LogP contribution >= 0.6 is 0 Å². The molecule has 0 aliphatic carbocycles. The molecule has 2 N–H and O–H groups in total. The Morgan fingerprint density at radius 2 is 1.87 bits per heavy atom. The molecule has 1 fully saturated rings. The van der Waals surface area contributed by atoms with Crippen molar-refractivity contribution in [1.82, 2.24) is 29.3 Å². The lowest BCUT2D eigenvalue weighted by atomic mass is 10.1. The van der Waals surface area contributed by atoms with Gasteiger partial charge in [0.2, 0.25) is 5.95 Å². The van der Waals surface area contributed by atoms with Gasteiger partial charge in [0.05, 0.1) is 18.7 Å². The van der Waals surface area contributed by atoms with Crippen molar-refractivity contribution >= 4 is 34.9 Å². The third-order valence-electron chi connectivity index (χ3n) is 7.18. The van der Waals surface area contributed by atoms with Crippen molar-refractivity contribution in [2.24, 2.45) is 7.05 Å². The van der Waals surface area contributed by atoms with Crippen LogP contribution in [-0.4, -0.2) is 74.9 Å². The molecule has 3 aromatic rings. The summed E-state index contributed by atoms with van der Waals surface area (Å²) in [7, 11) is 2.95. The minimum absolute atomic E-state index is 0.112. The van der Waals surface area contributed by atoms with Crippen LogP contribution in [0.3, 0.4) is 0 Å². The van der Waals surface area contributed by atoms with Gasteiger partial charge < -0.3 is 25.0 Å². The molecule has 45 heavy (non-hydrogen) atoms. The highest BCUT2D eigenvalue weighted by atomic mass is 16.6. The number of ketones is 1. The number of carbonyl (C=O) groups excluding carboxylic acids is 3. The molecule has 3 heterocycles. The van der Waals surface area contributed by atoms with E-state index in [0.717, 1.165) is 17.4 Å². The summed E-state index contributed by atoms with van der Waals surface area (Å²) in [6.45, 7) is 7.30. The number of likely N-dealkylation sites (N-methyl/N-ethyl adjacent to an activating group) is 1. The number of hydrogen-bond donors (Lipinski definition) is 2. The van der Waals surface area contributed by atoms with Crippen molar-refractivity contribution in [3.8, 4) is 17.6 Å². The summed E-state index contributed by atoms with van der Waals surface area (Å²) in [6, 6.07) is 6.08. The number of carbonyl (C=O) groups is 3. The number of benzene rings is 1. The van der Waals surface area contributed by atoms with Crippen molar-refractivity contribution < 1.29 is 23.9 Å². The fourth-order valence-corrected chi connectivity index (χ4v) is 5.07. The number of Topliss-reactive ketones (excluding diaryl/α,β-unsaturated/α-hetero) is 1. The summed E-state index contributed by atoms with van der Waals surface area (Å²) in [5.74, 6) is 5.46. The number of hydrogen-bond acceptors (Lipinski definition) is 9. The summed E-state index contributed by atoms with van der Waals surface area (Å²) in [4.78, 5) is 71.6. The molecule has 0 spiro atoms. The van der Waals surface area contributed by atoms with E-state index in [9.17, 15) is 24.0 Å². The number of ether oxygens (including phenoxy) is 2. The van der Waals surface area contributed by atoms with Gasteiger partial charge in [-0.3, -0.25) is 28.1 Å². The molecule has 1 aliphatic heterocycles. The van der Waals surface area contributed by atoms with Gasteiger partial charge in [-0.2, -0.15) is 4.98 Å². The minimum atomic E-state index is -0.717. The number of aromatic nitrogens is 4. The normalized spacial score (nSPS) is 14.8. The van der Waals surface area contributed by atoms with Crippen LogP contribution in [0.4, 0.5) is 10.7 Å². The smallest absolute Gasteiger partial charge is 0.407 e. The zero-order valence-electron chi connectivity index (χ0n) is 26.4. The molecular weight excluding hydrogens is 582 g/mol. The summed E-state index contributed by atoms with van der Waals surface area (Å²) in [5, 5.41) is 5.36. The maximum Gasteiger partial charge on any atom is 0.407 e. The maximum absolute atomic E-state index is 13.9. The standard InChI is InChI=1S/C31H39N7O7/c1-7-8-16-37-25-26(34-28(37)36-15-11-12-20(17-36)33-29(42)45-31(2,3)4)35(6)30(43)38(27(25)41)18-22(39)21-13-9-10-14-23(21)44-19-24(40)32-5/h9-10,13-14,20H,11-12,15-19H2,1-6H3,(H,32,40)(H,33,42)/t20-/m1/s1. The van der Waals surface area contributed by atoms with Crippen LogP contribution in [0.2, 0.25) is 0 Å². The average molecular weight is 622 g/mol. The van der Waals surface area contributed by atoms with Crippen LogP contribution in [0.1, 0.15) is 50.9 Å². The first-order valence-electron chi connectivity index (χ1n) is 14.6. The van der Waals surface area contributed by atoms with Gasteiger partial charge in [0.1, 0.15) is 11.4 Å². The first kappa shape index (κ1) is 32.8. The van der Waals surface area contributed by atoms with E-state index in [1.165, 1.54) is 30.8 Å². The van der Waals surface area contributed by atoms with Crippen molar-refractivity contribution in [3.05, 3.63) is 50.7 Å². The number of amides is 2. The molecule has 240 valence electrons. The molecular formula is C31H39N7O7. The molecule has 1 saturated heterocycles. The first-order chi connectivity index (χ1) is 21.3. The molecule has 1 aromatic carbocycles. The number of nitrogens with one attached hydrogen (secondary N) is 2. The predicted octanol–water partition coefficient (Wildman–Crippen LogP) is 1.42. The number of piperidine rings is 1. The number of imidazole rings is 1. The fourth-order valence-electron chi connectivity index (χ4n) is 5.07. The van der Waals surface area contributed by atoms with Gasteiger partial charge in [-0.15, -0.1) is 5.92 Å². The summed E-state index contributed by atoms with van der Waals surface area (Å²) in [6.07, 6.45) is 0.949. The van der Waals surface area contributed by atoms with Gasteiger partial charge in [0.15, 0.2) is 23.6 Å². The Morgan fingerprint density at radius 1 is 1.13 bits per heavy atom. The third-order valence-corrected chi connectivity index (χ3v) is 7.18. The molecule has 0 saturated carbocycles. The quantitative estimate of drug-likeness (QED) is 0.266. The molecule has 0 unspecified atom stereocenters. The molecule has 1 aliphatic rings. The number of fused-ring (bicyclic) bond motifs is 1. The Morgan fingerprint density at radius 3 is 2.56 bits per heavy atom. The number of para-hydroxylation sites is 1. The van der Waals surface area contributed by atoms with Crippen LogP contribution in [0.15, 0.2) is 33.9 Å². The first-order valence-corrected chi connectivity index (χ1v) is 14.6. The van der Waals surface area contributed by atoms with Gasteiger partial charge in [0, 0.05) is 33.2 Å². The molecule has 1 atom stereocenters. The van der Waals surface area contributed by atoms with Gasteiger partial charge in [-0.05, 0) is 52.7 Å². The lowest BCUT2D eigenvalue weighted by Gasteiger charge is -2.34. The van der Waals surface area contributed by atoms with Crippen LogP contribution in [0.5, 0.6) is 5.75 Å². The molecule has 14 nitrogen and oxygen atoms in total. The topological polar surface area (TPSA) is 159 Å². The van der Waals surface area contributed by atoms with Crippen molar-refractivity contribution in [1.29, 1.82) is 0 Å². The third kappa shape index (κ3) is 7.54. The number of anilines is 1. The van der Waals surface area contributed by atoms with E-state index >= 15 is 0 Å². The van der Waals surface area contributed by atoms with E-state index in [1.807, 2.05) is 4.90 Å². The Bertz CT molecular complexity index is 1790.